The molecule has 0 saturated carbocycles. The minimum atomic E-state index is -0.290. The Morgan fingerprint density at radius 2 is 1.96 bits per heavy atom. The number of benzene rings is 2. The van der Waals surface area contributed by atoms with E-state index in [1.54, 1.807) is 11.0 Å². The molecule has 2 aliphatic heterocycles. The van der Waals surface area contributed by atoms with E-state index in [0.717, 1.165) is 48.7 Å². The fraction of sp³-hybridized carbons (Fsp3) is 0.316. The van der Waals surface area contributed by atoms with Gasteiger partial charge in [-0.3, -0.25) is 4.79 Å². The van der Waals surface area contributed by atoms with E-state index in [9.17, 15) is 9.18 Å². The Kier molecular flexibility index (Phi) is 4.36. The van der Waals surface area contributed by atoms with Gasteiger partial charge in [-0.2, -0.15) is 0 Å². The normalized spacial score (nSPS) is 17.1. The highest BCUT2D eigenvalue weighted by Gasteiger charge is 2.32. The van der Waals surface area contributed by atoms with Crippen LogP contribution in [0.15, 0.2) is 36.4 Å². The number of nitrogens with zero attached hydrogens (tertiary/aromatic N) is 2. The van der Waals surface area contributed by atoms with E-state index < -0.39 is 0 Å². The van der Waals surface area contributed by atoms with E-state index in [4.69, 9.17) is 11.6 Å². The van der Waals surface area contributed by atoms with Crippen molar-refractivity contribution in [2.24, 2.45) is 0 Å². The van der Waals surface area contributed by atoms with Gasteiger partial charge in [0.2, 0.25) is 5.91 Å². The van der Waals surface area contributed by atoms with Gasteiger partial charge in [-0.05, 0) is 29.8 Å². The van der Waals surface area contributed by atoms with Crippen LogP contribution in [0.3, 0.4) is 0 Å². The number of piperazine rings is 1. The predicted molar refractivity (Wildman–Crippen MR) is 97.8 cm³/mol. The third-order valence-corrected chi connectivity index (χ3v) is 5.10. The van der Waals surface area contributed by atoms with Crippen molar-refractivity contribution < 1.29 is 9.18 Å². The summed E-state index contributed by atoms with van der Waals surface area (Å²) in [7, 11) is 0. The molecule has 1 amide bonds. The molecule has 0 radical (unpaired) electrons. The van der Waals surface area contributed by atoms with Crippen LogP contribution in [-0.4, -0.2) is 32.1 Å². The van der Waals surface area contributed by atoms with Gasteiger partial charge in [0.15, 0.2) is 0 Å². The number of hydrogen-bond acceptors (Lipinski definition) is 3. The molecule has 0 aromatic heterocycles. The molecule has 0 aliphatic carbocycles. The summed E-state index contributed by atoms with van der Waals surface area (Å²) in [4.78, 5) is 16.6. The van der Waals surface area contributed by atoms with Crippen molar-refractivity contribution in [2.75, 3.05) is 36.0 Å². The number of hydrogen-bond donors (Lipinski definition) is 1. The van der Waals surface area contributed by atoms with Crippen LogP contribution in [0, 0.1) is 5.82 Å². The first-order valence-corrected chi connectivity index (χ1v) is 8.83. The van der Waals surface area contributed by atoms with E-state index in [1.165, 1.54) is 12.1 Å². The maximum atomic E-state index is 13.5. The number of fused-ring (bicyclic) bond motifs is 1. The summed E-state index contributed by atoms with van der Waals surface area (Å²) in [5.74, 6) is -0.264. The second-order valence-electron chi connectivity index (χ2n) is 6.42. The maximum absolute atomic E-state index is 13.5. The fourth-order valence-corrected chi connectivity index (χ4v) is 3.92. The van der Waals surface area contributed by atoms with Crippen LogP contribution in [0.4, 0.5) is 15.8 Å². The second kappa shape index (κ2) is 6.65. The molecule has 25 heavy (non-hydrogen) atoms. The summed E-state index contributed by atoms with van der Waals surface area (Å²) < 4.78 is 13.5. The summed E-state index contributed by atoms with van der Waals surface area (Å²) in [6, 6.07) is 10.1. The monoisotopic (exact) mass is 359 g/mol. The zero-order valence-electron chi connectivity index (χ0n) is 13.8. The number of carbonyl (C=O) groups excluding carboxylic acids is 1. The van der Waals surface area contributed by atoms with Gasteiger partial charge in [0.1, 0.15) is 5.82 Å². The predicted octanol–water partition coefficient (Wildman–Crippen LogP) is 2.98. The summed E-state index contributed by atoms with van der Waals surface area (Å²) >= 11 is 6.48. The number of rotatable bonds is 3. The molecule has 4 rings (SSSR count). The maximum Gasteiger partial charge on any atom is 0.231 e. The number of carbonyl (C=O) groups is 1. The van der Waals surface area contributed by atoms with Crippen molar-refractivity contribution in [3.63, 3.8) is 0 Å². The topological polar surface area (TPSA) is 35.6 Å². The smallest absolute Gasteiger partial charge is 0.231 e. The highest BCUT2D eigenvalue weighted by Crippen LogP contribution is 2.41. The van der Waals surface area contributed by atoms with Crippen molar-refractivity contribution in [1.82, 2.24) is 5.32 Å². The van der Waals surface area contributed by atoms with Gasteiger partial charge in [-0.25, -0.2) is 4.39 Å². The minimum Gasteiger partial charge on any atom is -0.367 e. The Hall–Kier alpha value is -2.11. The van der Waals surface area contributed by atoms with Crippen molar-refractivity contribution in [2.45, 2.75) is 13.0 Å². The molecule has 6 heteroatoms. The zero-order chi connectivity index (χ0) is 17.4. The van der Waals surface area contributed by atoms with Gasteiger partial charge in [-0.15, -0.1) is 0 Å². The molecule has 0 unspecified atom stereocenters. The van der Waals surface area contributed by atoms with Gasteiger partial charge in [0.05, 0.1) is 23.7 Å². The van der Waals surface area contributed by atoms with E-state index in [2.05, 4.69) is 10.2 Å². The molecule has 4 nitrogen and oxygen atoms in total. The average molecular weight is 360 g/mol. The van der Waals surface area contributed by atoms with E-state index in [-0.39, 0.29) is 11.7 Å². The molecule has 1 fully saturated rings. The number of halogens is 2. The molecule has 2 heterocycles. The Balaban J connectivity index is 1.69. The van der Waals surface area contributed by atoms with E-state index in [1.807, 2.05) is 18.2 Å². The first kappa shape index (κ1) is 16.4. The van der Waals surface area contributed by atoms with E-state index >= 15 is 0 Å². The van der Waals surface area contributed by atoms with Crippen LogP contribution in [0.25, 0.3) is 0 Å². The third kappa shape index (κ3) is 3.10. The molecule has 0 bridgehead atoms. The second-order valence-corrected chi connectivity index (χ2v) is 6.82. The largest absolute Gasteiger partial charge is 0.367 e. The molecule has 0 spiro atoms. The number of nitrogens with one attached hydrogen (secondary N) is 1. The highest BCUT2D eigenvalue weighted by molar-refractivity contribution is 6.34. The van der Waals surface area contributed by atoms with Crippen molar-refractivity contribution in [3.05, 3.63) is 58.4 Å². The van der Waals surface area contributed by atoms with Crippen molar-refractivity contribution >= 4 is 28.9 Å². The van der Waals surface area contributed by atoms with Crippen molar-refractivity contribution in [1.29, 1.82) is 0 Å². The van der Waals surface area contributed by atoms with Gasteiger partial charge in [-0.1, -0.05) is 23.7 Å². The lowest BCUT2D eigenvalue weighted by Gasteiger charge is -2.32. The van der Waals surface area contributed by atoms with E-state index in [0.29, 0.717) is 18.0 Å². The Morgan fingerprint density at radius 1 is 1.16 bits per heavy atom. The van der Waals surface area contributed by atoms with Crippen LogP contribution < -0.4 is 15.1 Å². The third-order valence-electron chi connectivity index (χ3n) is 4.79. The van der Waals surface area contributed by atoms with Crippen LogP contribution in [0.2, 0.25) is 5.02 Å². The average Bonchev–Trinajstić information content (AvgIpc) is 2.91. The van der Waals surface area contributed by atoms with Crippen LogP contribution in [0.1, 0.15) is 11.1 Å². The van der Waals surface area contributed by atoms with Gasteiger partial charge < -0.3 is 15.1 Å². The molecule has 2 aliphatic rings. The Labute approximate surface area is 151 Å². The zero-order valence-corrected chi connectivity index (χ0v) is 14.5. The lowest BCUT2D eigenvalue weighted by molar-refractivity contribution is -0.117. The highest BCUT2D eigenvalue weighted by atomic mass is 35.5. The summed E-state index contributed by atoms with van der Waals surface area (Å²) in [6.45, 7) is 3.91. The molecule has 2 aromatic carbocycles. The summed E-state index contributed by atoms with van der Waals surface area (Å²) in [5, 5.41) is 4.01. The number of amides is 1. The van der Waals surface area contributed by atoms with Crippen LogP contribution >= 0.6 is 11.6 Å². The quantitative estimate of drug-likeness (QED) is 0.915. The molecule has 1 saturated heterocycles. The standard InChI is InChI=1S/C19H19ClFN3O/c20-16-4-5-17-15(19(16)23-8-6-22-7-9-23)11-18(25)24(17)12-13-2-1-3-14(21)10-13/h1-5,10,22H,6-9,11-12H2. The molecular weight excluding hydrogens is 341 g/mol. The van der Waals surface area contributed by atoms with Gasteiger partial charge in [0, 0.05) is 37.4 Å². The molecule has 1 N–H and O–H groups in total. The summed E-state index contributed by atoms with van der Waals surface area (Å²) in [6.07, 6.45) is 0.338. The summed E-state index contributed by atoms with van der Waals surface area (Å²) in [5.41, 5.74) is 3.61. The Morgan fingerprint density at radius 3 is 2.72 bits per heavy atom. The SMILES string of the molecule is O=C1Cc2c(ccc(Cl)c2N2CCNCC2)N1Cc1cccc(F)c1. The lowest BCUT2D eigenvalue weighted by Crippen LogP contribution is -2.44. The van der Waals surface area contributed by atoms with Gasteiger partial charge in [0.25, 0.3) is 0 Å². The molecular formula is C19H19ClFN3O. The Bertz CT molecular complexity index is 820. The fourth-order valence-electron chi connectivity index (χ4n) is 3.63. The van der Waals surface area contributed by atoms with Crippen molar-refractivity contribution in [3.8, 4) is 0 Å². The molecule has 130 valence electrons. The first-order chi connectivity index (χ1) is 12.1. The number of anilines is 2. The van der Waals surface area contributed by atoms with Crippen LogP contribution in [0.5, 0.6) is 0 Å². The molecule has 0 atom stereocenters. The minimum absolute atomic E-state index is 0.0258. The van der Waals surface area contributed by atoms with Crippen LogP contribution in [-0.2, 0) is 17.8 Å². The van der Waals surface area contributed by atoms with Gasteiger partial charge >= 0.3 is 0 Å². The molecule has 2 aromatic rings. The first-order valence-electron chi connectivity index (χ1n) is 8.45. The lowest BCUT2D eigenvalue weighted by atomic mass is 10.1.